The number of hydrogen-bond acceptors (Lipinski definition) is 4. The van der Waals surface area contributed by atoms with Crippen molar-refractivity contribution in [3.8, 4) is 0 Å². The average Bonchev–Trinajstić information content (AvgIpc) is 2.37. The number of unbranched alkanes of at least 4 members (excludes halogenated alkanes) is 11. The SMILES string of the molecule is CCCCCCCCCCCCCC[N+](C)(C)C.[O]=[Mn](=[O])(=[O])[O-]. The number of rotatable bonds is 13. The van der Waals surface area contributed by atoms with Crippen LogP contribution in [0, 0.1) is 0 Å². The van der Waals surface area contributed by atoms with Gasteiger partial charge in [0.1, 0.15) is 0 Å². The second-order valence-electron chi connectivity index (χ2n) is 7.28. The Labute approximate surface area is 145 Å². The van der Waals surface area contributed by atoms with Crippen LogP contribution in [0.1, 0.15) is 84.0 Å². The quantitative estimate of drug-likeness (QED) is 0.278. The van der Waals surface area contributed by atoms with E-state index in [4.69, 9.17) is 15.7 Å². The van der Waals surface area contributed by atoms with Crippen molar-refractivity contribution in [3.05, 3.63) is 0 Å². The summed E-state index contributed by atoms with van der Waals surface area (Å²) in [6.07, 6.45) is 17.4. The molecule has 0 atom stereocenters. The molecule has 0 spiro atoms. The van der Waals surface area contributed by atoms with Gasteiger partial charge in [-0.05, 0) is 12.8 Å². The second kappa shape index (κ2) is 15.4. The summed E-state index contributed by atoms with van der Waals surface area (Å²) in [5.41, 5.74) is 0. The number of quaternary nitrogens is 1. The molecule has 0 saturated carbocycles. The standard InChI is InChI=1S/C17H38N.Mn.4O/c1-5-6-7-8-9-10-11-12-13-14-15-16-17-18(2,3)4;;;;;/h5-17H2,1-4H3;;;;;/q+1;;;;;-1. The summed E-state index contributed by atoms with van der Waals surface area (Å²) in [7, 11) is 6.87. The average molecular weight is 375 g/mol. The fourth-order valence-electron chi connectivity index (χ4n) is 2.43. The van der Waals surface area contributed by atoms with E-state index in [2.05, 4.69) is 28.1 Å². The van der Waals surface area contributed by atoms with E-state index in [0.717, 1.165) is 4.48 Å². The summed E-state index contributed by atoms with van der Waals surface area (Å²) >= 11 is -5.62. The van der Waals surface area contributed by atoms with Crippen molar-refractivity contribution in [1.82, 2.24) is 0 Å². The van der Waals surface area contributed by atoms with Gasteiger partial charge >= 0.3 is 28.7 Å². The molecule has 0 unspecified atom stereocenters. The molecule has 0 saturated heterocycles. The van der Waals surface area contributed by atoms with Crippen LogP contribution in [0.5, 0.6) is 0 Å². The van der Waals surface area contributed by atoms with Crippen LogP contribution in [-0.2, 0) is 24.5 Å². The fraction of sp³-hybridized carbons (Fsp3) is 1.00. The summed E-state index contributed by atoms with van der Waals surface area (Å²) in [5, 5.41) is 0. The maximum absolute atomic E-state index is 8.58. The fourth-order valence-corrected chi connectivity index (χ4v) is 2.43. The van der Waals surface area contributed by atoms with Gasteiger partial charge in [-0.25, -0.2) is 0 Å². The van der Waals surface area contributed by atoms with Crippen molar-refractivity contribution in [2.24, 2.45) is 0 Å². The zero-order chi connectivity index (χ0) is 18.2. The van der Waals surface area contributed by atoms with Crippen LogP contribution in [0.3, 0.4) is 0 Å². The Kier molecular flexibility index (Phi) is 16.8. The molecule has 0 N–H and O–H groups in total. The van der Waals surface area contributed by atoms with E-state index in [1.165, 1.54) is 83.6 Å². The van der Waals surface area contributed by atoms with Crippen molar-refractivity contribution < 1.29 is 33.1 Å². The van der Waals surface area contributed by atoms with Gasteiger partial charge in [0.15, 0.2) is 0 Å². The van der Waals surface area contributed by atoms with Gasteiger partial charge in [-0.1, -0.05) is 71.1 Å². The number of nitrogens with zero attached hydrogens (tertiary/aromatic N) is 1. The summed E-state index contributed by atoms with van der Waals surface area (Å²) in [6.45, 7) is 3.62. The van der Waals surface area contributed by atoms with E-state index >= 15 is 0 Å². The van der Waals surface area contributed by atoms with Gasteiger partial charge in [0.25, 0.3) is 0 Å². The van der Waals surface area contributed by atoms with Crippen LogP contribution >= 0.6 is 0 Å². The maximum atomic E-state index is 8.58. The first kappa shape index (κ1) is 25.1. The van der Waals surface area contributed by atoms with Crippen molar-refractivity contribution in [2.45, 2.75) is 84.0 Å². The third-order valence-electron chi connectivity index (χ3n) is 3.68. The van der Waals surface area contributed by atoms with Gasteiger partial charge in [-0.3, -0.25) is 0 Å². The van der Waals surface area contributed by atoms with Crippen LogP contribution in [0.25, 0.3) is 0 Å². The molecule has 0 bridgehead atoms. The molecule has 0 amide bonds. The summed E-state index contributed by atoms with van der Waals surface area (Å²) in [4.78, 5) is 0. The van der Waals surface area contributed by atoms with E-state index in [0.29, 0.717) is 0 Å². The second-order valence-corrected chi connectivity index (χ2v) is 8.46. The minimum absolute atomic E-state index is 1.12. The van der Waals surface area contributed by atoms with Crippen LogP contribution in [0.4, 0.5) is 0 Å². The Morgan fingerprint density at radius 3 is 1.17 bits per heavy atom. The van der Waals surface area contributed by atoms with Crippen molar-refractivity contribution >= 4 is 0 Å². The molecule has 0 rings (SSSR count). The molecule has 0 aromatic carbocycles. The van der Waals surface area contributed by atoms with Crippen molar-refractivity contribution in [2.75, 3.05) is 27.7 Å². The zero-order valence-corrected chi connectivity index (χ0v) is 16.8. The monoisotopic (exact) mass is 375 g/mol. The summed E-state index contributed by atoms with van der Waals surface area (Å²) in [5.74, 6) is 0. The molecular weight excluding hydrogens is 337 g/mol. The Bertz CT molecular complexity index is 380. The van der Waals surface area contributed by atoms with Gasteiger partial charge in [-0.15, -0.1) is 0 Å². The van der Waals surface area contributed by atoms with E-state index in [-0.39, 0.29) is 0 Å². The molecular formula is C17H38MnNO4. The Morgan fingerprint density at radius 2 is 0.913 bits per heavy atom. The van der Waals surface area contributed by atoms with Crippen molar-refractivity contribution in [1.29, 1.82) is 0 Å². The molecule has 0 aliphatic heterocycles. The molecule has 0 heterocycles. The predicted octanol–water partition coefficient (Wildman–Crippen LogP) is 3.85. The molecule has 0 aliphatic rings. The molecule has 142 valence electrons. The van der Waals surface area contributed by atoms with Crippen molar-refractivity contribution in [3.63, 3.8) is 0 Å². The van der Waals surface area contributed by atoms with Crippen LogP contribution < -0.4 is 4.19 Å². The van der Waals surface area contributed by atoms with Gasteiger partial charge in [0.2, 0.25) is 0 Å². The molecule has 6 heteroatoms. The predicted molar refractivity (Wildman–Crippen MR) is 86.0 cm³/mol. The molecule has 0 aliphatic carbocycles. The third kappa shape index (κ3) is 39.0. The van der Waals surface area contributed by atoms with E-state index in [1.54, 1.807) is 0 Å². The number of hydrogen-bond donors (Lipinski definition) is 0. The minimum atomic E-state index is -5.62. The molecule has 0 aromatic heterocycles. The zero-order valence-electron chi connectivity index (χ0n) is 15.7. The van der Waals surface area contributed by atoms with Crippen LogP contribution in [-0.4, -0.2) is 32.2 Å². The molecule has 0 aromatic rings. The Hall–Kier alpha value is -0.161. The molecule has 0 fully saturated rings. The first-order chi connectivity index (χ1) is 10.6. The molecule has 5 nitrogen and oxygen atoms in total. The van der Waals surface area contributed by atoms with Gasteiger partial charge in [-0.2, -0.15) is 0 Å². The van der Waals surface area contributed by atoms with Crippen LogP contribution in [0.2, 0.25) is 0 Å². The summed E-state index contributed by atoms with van der Waals surface area (Å²) in [6, 6.07) is 0. The van der Waals surface area contributed by atoms with E-state index in [9.17, 15) is 0 Å². The summed E-state index contributed by atoms with van der Waals surface area (Å²) < 4.78 is 35.4. The topological polar surface area (TPSA) is 74.3 Å². The van der Waals surface area contributed by atoms with Gasteiger partial charge < -0.3 is 4.48 Å². The molecule has 0 radical (unpaired) electrons. The first-order valence-corrected chi connectivity index (χ1v) is 10.9. The van der Waals surface area contributed by atoms with Crippen LogP contribution in [0.15, 0.2) is 0 Å². The van der Waals surface area contributed by atoms with E-state index < -0.39 is 13.0 Å². The first-order valence-electron chi connectivity index (χ1n) is 8.98. The normalized spacial score (nSPS) is 11.9. The Balaban J connectivity index is 0. The Morgan fingerprint density at radius 1 is 0.652 bits per heavy atom. The van der Waals surface area contributed by atoms with Gasteiger partial charge in [0, 0.05) is 0 Å². The molecule has 23 heavy (non-hydrogen) atoms. The van der Waals surface area contributed by atoms with E-state index in [1.807, 2.05) is 0 Å². The van der Waals surface area contributed by atoms with Gasteiger partial charge in [0.05, 0.1) is 27.7 Å². The third-order valence-corrected chi connectivity index (χ3v) is 3.68.